The van der Waals surface area contributed by atoms with Crippen LogP contribution in [0.2, 0.25) is 0 Å². The van der Waals surface area contributed by atoms with E-state index in [0.717, 1.165) is 17.1 Å². The molecule has 0 saturated heterocycles. The van der Waals surface area contributed by atoms with Gasteiger partial charge in [0.05, 0.1) is 11.4 Å². The van der Waals surface area contributed by atoms with Crippen molar-refractivity contribution in [2.45, 2.75) is 11.8 Å². The van der Waals surface area contributed by atoms with E-state index < -0.39 is 0 Å². The Labute approximate surface area is 106 Å². The topological polar surface area (TPSA) is 24.1 Å². The highest BCUT2D eigenvalue weighted by atomic mass is 32.2. The van der Waals surface area contributed by atoms with Crippen LogP contribution in [0.15, 0.2) is 59.5 Å². The average molecular weight is 244 g/mol. The molecule has 0 amide bonds. The molecular weight excluding hydrogens is 228 g/mol. The Kier molecular flexibility index (Phi) is 4.33. The maximum absolute atomic E-state index is 3.24. The van der Waals surface area contributed by atoms with Crippen molar-refractivity contribution in [1.82, 2.24) is 0 Å². The summed E-state index contributed by atoms with van der Waals surface area (Å²) in [7, 11) is 0. The molecule has 2 N–H and O–H groups in total. The Balaban J connectivity index is 2.03. The fourth-order valence-corrected chi connectivity index (χ4v) is 2.27. The Morgan fingerprint density at radius 1 is 0.882 bits per heavy atom. The molecule has 0 heterocycles. The summed E-state index contributed by atoms with van der Waals surface area (Å²) >= 11 is 1.83. The lowest BCUT2D eigenvalue weighted by atomic mass is 10.3. The predicted molar refractivity (Wildman–Crippen MR) is 76.5 cm³/mol. The largest absolute Gasteiger partial charge is 0.301 e. The number of hydrogen-bond acceptors (Lipinski definition) is 3. The van der Waals surface area contributed by atoms with Gasteiger partial charge in [0.25, 0.3) is 0 Å². The van der Waals surface area contributed by atoms with Gasteiger partial charge in [-0.3, -0.25) is 5.43 Å². The highest BCUT2D eigenvalue weighted by Gasteiger charge is 2.00. The number of thioether (sulfide) groups is 1. The summed E-state index contributed by atoms with van der Waals surface area (Å²) in [5, 5.41) is 0. The van der Waals surface area contributed by atoms with E-state index >= 15 is 0 Å². The first-order chi connectivity index (χ1) is 8.40. The van der Waals surface area contributed by atoms with Gasteiger partial charge in [-0.15, -0.1) is 11.8 Å². The fourth-order valence-electron chi connectivity index (χ4n) is 1.51. The van der Waals surface area contributed by atoms with Gasteiger partial charge < -0.3 is 5.43 Å². The van der Waals surface area contributed by atoms with E-state index in [1.165, 1.54) is 4.90 Å². The number of rotatable bonds is 5. The van der Waals surface area contributed by atoms with Crippen LogP contribution in [-0.4, -0.2) is 5.75 Å². The van der Waals surface area contributed by atoms with Crippen molar-refractivity contribution in [1.29, 1.82) is 0 Å². The number of benzene rings is 2. The zero-order valence-electron chi connectivity index (χ0n) is 9.81. The molecular formula is C14H16N2S. The van der Waals surface area contributed by atoms with Gasteiger partial charge in [0.2, 0.25) is 0 Å². The smallest absolute Gasteiger partial charge is 0.0675 e. The van der Waals surface area contributed by atoms with Crippen molar-refractivity contribution in [3.8, 4) is 0 Å². The van der Waals surface area contributed by atoms with Crippen LogP contribution in [0.3, 0.4) is 0 Å². The van der Waals surface area contributed by atoms with Crippen LogP contribution >= 0.6 is 11.8 Å². The van der Waals surface area contributed by atoms with Crippen molar-refractivity contribution in [2.24, 2.45) is 0 Å². The number of nitrogens with one attached hydrogen (secondary N) is 2. The molecule has 2 rings (SSSR count). The van der Waals surface area contributed by atoms with E-state index in [1.54, 1.807) is 0 Å². The summed E-state index contributed by atoms with van der Waals surface area (Å²) in [6, 6.07) is 18.4. The lowest BCUT2D eigenvalue weighted by Gasteiger charge is -2.12. The van der Waals surface area contributed by atoms with Crippen LogP contribution in [0.25, 0.3) is 0 Å². The molecule has 0 aliphatic heterocycles. The molecule has 0 spiro atoms. The quantitative estimate of drug-likeness (QED) is 0.607. The van der Waals surface area contributed by atoms with Gasteiger partial charge in [-0.05, 0) is 30.0 Å². The molecule has 0 aliphatic carbocycles. The van der Waals surface area contributed by atoms with Crippen molar-refractivity contribution in [2.75, 3.05) is 16.6 Å². The van der Waals surface area contributed by atoms with E-state index in [1.807, 2.05) is 48.2 Å². The minimum atomic E-state index is 1.06. The molecule has 0 aromatic heterocycles. The monoisotopic (exact) mass is 244 g/mol. The Morgan fingerprint density at radius 2 is 1.59 bits per heavy atom. The zero-order chi connectivity index (χ0) is 11.9. The highest BCUT2D eigenvalue weighted by molar-refractivity contribution is 7.99. The van der Waals surface area contributed by atoms with Crippen LogP contribution in [0.4, 0.5) is 11.4 Å². The minimum Gasteiger partial charge on any atom is -0.301 e. The van der Waals surface area contributed by atoms with E-state index in [4.69, 9.17) is 0 Å². The Hall–Kier alpha value is -1.61. The summed E-state index contributed by atoms with van der Waals surface area (Å²) in [6.07, 6.45) is 0. The molecule has 0 radical (unpaired) electrons. The van der Waals surface area contributed by atoms with Crippen LogP contribution < -0.4 is 10.9 Å². The van der Waals surface area contributed by atoms with Crippen LogP contribution in [0.5, 0.6) is 0 Å². The Morgan fingerprint density at radius 3 is 2.35 bits per heavy atom. The van der Waals surface area contributed by atoms with Gasteiger partial charge in [0.15, 0.2) is 0 Å². The third kappa shape index (κ3) is 3.43. The van der Waals surface area contributed by atoms with Crippen LogP contribution in [0.1, 0.15) is 6.92 Å². The summed E-state index contributed by atoms with van der Waals surface area (Å²) < 4.78 is 0. The predicted octanol–water partition coefficient (Wildman–Crippen LogP) is 4.24. The Bertz CT molecular complexity index is 457. The molecule has 2 aromatic rings. The van der Waals surface area contributed by atoms with E-state index in [0.29, 0.717) is 0 Å². The third-order valence-electron chi connectivity index (χ3n) is 2.30. The molecule has 0 aliphatic rings. The van der Waals surface area contributed by atoms with E-state index in [-0.39, 0.29) is 0 Å². The van der Waals surface area contributed by atoms with Crippen LogP contribution in [-0.2, 0) is 0 Å². The second kappa shape index (κ2) is 6.21. The zero-order valence-corrected chi connectivity index (χ0v) is 10.6. The highest BCUT2D eigenvalue weighted by Crippen LogP contribution is 2.26. The minimum absolute atomic E-state index is 1.06. The van der Waals surface area contributed by atoms with Gasteiger partial charge in [0, 0.05) is 4.90 Å². The summed E-state index contributed by atoms with van der Waals surface area (Å²) in [4.78, 5) is 1.26. The first-order valence-electron chi connectivity index (χ1n) is 5.69. The van der Waals surface area contributed by atoms with Crippen LogP contribution in [0, 0.1) is 0 Å². The number of para-hydroxylation sites is 2. The summed E-state index contributed by atoms with van der Waals surface area (Å²) in [5.41, 5.74) is 8.61. The van der Waals surface area contributed by atoms with E-state index in [9.17, 15) is 0 Å². The fraction of sp³-hybridized carbons (Fsp3) is 0.143. The van der Waals surface area contributed by atoms with Gasteiger partial charge in [-0.25, -0.2) is 0 Å². The molecule has 17 heavy (non-hydrogen) atoms. The van der Waals surface area contributed by atoms with Crippen molar-refractivity contribution in [3.05, 3.63) is 54.6 Å². The van der Waals surface area contributed by atoms with Crippen molar-refractivity contribution < 1.29 is 0 Å². The molecule has 0 saturated carbocycles. The van der Waals surface area contributed by atoms with Gasteiger partial charge in [0.1, 0.15) is 0 Å². The van der Waals surface area contributed by atoms with Gasteiger partial charge in [-0.1, -0.05) is 37.3 Å². The second-order valence-electron chi connectivity index (χ2n) is 3.55. The van der Waals surface area contributed by atoms with Crippen molar-refractivity contribution >= 4 is 23.1 Å². The lowest BCUT2D eigenvalue weighted by Crippen LogP contribution is -2.09. The molecule has 2 nitrogen and oxygen atoms in total. The molecule has 0 fully saturated rings. The molecule has 3 heteroatoms. The molecule has 88 valence electrons. The summed E-state index contributed by atoms with van der Waals surface area (Å²) in [6.45, 7) is 2.16. The first-order valence-corrected chi connectivity index (χ1v) is 6.67. The molecule has 0 atom stereocenters. The molecule has 0 unspecified atom stereocenters. The first kappa shape index (κ1) is 11.9. The summed E-state index contributed by atoms with van der Waals surface area (Å²) in [5.74, 6) is 1.07. The number of hydrazine groups is 1. The molecule has 0 bridgehead atoms. The average Bonchev–Trinajstić information content (AvgIpc) is 2.39. The maximum Gasteiger partial charge on any atom is 0.0675 e. The SMILES string of the molecule is CCSc1ccccc1NNc1ccccc1. The number of hydrogen-bond donors (Lipinski definition) is 2. The van der Waals surface area contributed by atoms with Crippen molar-refractivity contribution in [3.63, 3.8) is 0 Å². The maximum atomic E-state index is 3.24. The number of anilines is 2. The van der Waals surface area contributed by atoms with Gasteiger partial charge in [-0.2, -0.15) is 0 Å². The van der Waals surface area contributed by atoms with E-state index in [2.05, 4.69) is 36.0 Å². The molecule has 2 aromatic carbocycles. The second-order valence-corrected chi connectivity index (χ2v) is 4.85. The van der Waals surface area contributed by atoms with Gasteiger partial charge >= 0.3 is 0 Å². The third-order valence-corrected chi connectivity index (χ3v) is 3.26. The standard InChI is InChI=1S/C14H16N2S/c1-2-17-14-11-7-6-10-13(14)16-15-12-8-4-3-5-9-12/h3-11,15-16H,2H2,1H3. The lowest BCUT2D eigenvalue weighted by molar-refractivity contribution is 1.33. The normalized spacial score (nSPS) is 9.94.